The van der Waals surface area contributed by atoms with E-state index < -0.39 is 7.11 Å². The van der Waals surface area contributed by atoms with Crippen molar-refractivity contribution >= 4 is 13.4 Å². The summed E-state index contributed by atoms with van der Waals surface area (Å²) in [7, 11) is -2.06. The summed E-state index contributed by atoms with van der Waals surface area (Å²) in [5.41, 5.74) is 0. The molecule has 0 aliphatic heterocycles. The fourth-order valence-corrected chi connectivity index (χ4v) is 3.02. The molecular weight excluding hydrogens is 155 g/mol. The lowest BCUT2D eigenvalue weighted by Gasteiger charge is -2.42. The summed E-state index contributed by atoms with van der Waals surface area (Å²) in [6, 6.07) is 0. The first-order valence-electron chi connectivity index (χ1n) is 3.96. The molecule has 0 unspecified atom stereocenters. The fourth-order valence-electron chi connectivity index (χ4n) is 1.01. The first-order valence-corrected chi connectivity index (χ1v) is 5.89. The zero-order chi connectivity index (χ0) is 9.50. The van der Waals surface area contributed by atoms with Crippen molar-refractivity contribution in [1.29, 1.82) is 0 Å². The van der Waals surface area contributed by atoms with Crippen LogP contribution >= 0.6 is 7.11 Å². The van der Waals surface area contributed by atoms with Crippen LogP contribution in [-0.4, -0.2) is 21.5 Å². The van der Waals surface area contributed by atoms with Crippen LogP contribution in [0.5, 0.6) is 0 Å². The van der Waals surface area contributed by atoms with Gasteiger partial charge in [0.2, 0.25) is 0 Å². The van der Waals surface area contributed by atoms with Crippen molar-refractivity contribution in [3.8, 4) is 0 Å². The first-order chi connectivity index (χ1) is 4.50. The highest BCUT2D eigenvalue weighted by Crippen LogP contribution is 2.62. The summed E-state index contributed by atoms with van der Waals surface area (Å²) in [4.78, 5) is 10.2. The van der Waals surface area contributed by atoms with Gasteiger partial charge >= 0.3 is 0 Å². The Kier molecular flexibility index (Phi) is 2.70. The Morgan fingerprint density at radius 3 is 1.09 bits per heavy atom. The highest BCUT2D eigenvalue weighted by molar-refractivity contribution is 7.71. The predicted molar refractivity (Wildman–Crippen MR) is 55.8 cm³/mol. The lowest BCUT2D eigenvalue weighted by Crippen LogP contribution is -2.28. The van der Waals surface area contributed by atoms with Gasteiger partial charge in [0.1, 0.15) is 0 Å². The van der Waals surface area contributed by atoms with Crippen molar-refractivity contribution in [3.05, 3.63) is 0 Å². The molecule has 0 saturated carbocycles. The Labute approximate surface area is 70.9 Å². The van der Waals surface area contributed by atoms with Gasteiger partial charge in [0.25, 0.3) is 0 Å². The van der Waals surface area contributed by atoms with E-state index in [0.717, 1.165) is 0 Å². The van der Waals surface area contributed by atoms with Gasteiger partial charge in [0, 0.05) is 17.4 Å². The van der Waals surface area contributed by atoms with Gasteiger partial charge in [0.05, 0.1) is 0 Å². The van der Waals surface area contributed by atoms with E-state index in [1.54, 1.807) is 0 Å². The molecule has 0 heterocycles. The van der Waals surface area contributed by atoms with E-state index in [1.165, 1.54) is 0 Å². The van der Waals surface area contributed by atoms with Gasteiger partial charge in [-0.25, -0.2) is 0 Å². The molecule has 0 radical (unpaired) electrons. The van der Waals surface area contributed by atoms with Crippen LogP contribution in [0, 0.1) is 0 Å². The third-order valence-electron chi connectivity index (χ3n) is 2.22. The van der Waals surface area contributed by atoms with Crippen molar-refractivity contribution in [2.24, 2.45) is 0 Å². The van der Waals surface area contributed by atoms with Gasteiger partial charge in [-0.1, -0.05) is 47.8 Å². The minimum Gasteiger partial charge on any atom is -0.376 e. The van der Waals surface area contributed by atoms with Gasteiger partial charge in [-0.2, -0.15) is 0 Å². The first kappa shape index (κ1) is 11.3. The quantitative estimate of drug-likeness (QED) is 0.562. The van der Waals surface area contributed by atoms with Crippen LogP contribution in [-0.2, 0) is 0 Å². The van der Waals surface area contributed by atoms with E-state index in [-0.39, 0.29) is 10.3 Å². The van der Waals surface area contributed by atoms with E-state index in [2.05, 4.69) is 47.8 Å². The largest absolute Gasteiger partial charge is 0.376 e. The van der Waals surface area contributed by atoms with Crippen molar-refractivity contribution in [1.82, 2.24) is 0 Å². The molecule has 0 saturated heterocycles. The topological polar surface area (TPSA) is 20.2 Å². The molecule has 1 nitrogen and oxygen atoms in total. The zero-order valence-corrected chi connectivity index (χ0v) is 9.50. The molecule has 68 valence electrons. The molecule has 0 aromatic carbocycles. The van der Waals surface area contributed by atoms with Crippen LogP contribution in [0.4, 0.5) is 0 Å². The van der Waals surface area contributed by atoms with Gasteiger partial charge in [-0.15, -0.1) is 0 Å². The summed E-state index contributed by atoms with van der Waals surface area (Å²) in [6.07, 6.45) is 3.98. The molecule has 0 aromatic rings. The molecule has 0 bridgehead atoms. The van der Waals surface area contributed by atoms with Crippen LogP contribution in [0.15, 0.2) is 0 Å². The fraction of sp³-hybridized carbons (Fsp3) is 0.889. The number of rotatable bonds is 0. The second kappa shape index (κ2) is 2.64. The molecule has 0 atom stereocenters. The van der Waals surface area contributed by atoms with Crippen LogP contribution in [0.25, 0.3) is 0 Å². The Morgan fingerprint density at radius 2 is 1.09 bits per heavy atom. The molecule has 0 rings (SSSR count). The van der Waals surface area contributed by atoms with Gasteiger partial charge in [-0.05, 0) is 0 Å². The van der Waals surface area contributed by atoms with Crippen molar-refractivity contribution in [2.75, 3.05) is 0 Å². The van der Waals surface area contributed by atoms with Gasteiger partial charge in [0.15, 0.2) is 0 Å². The lowest BCUT2D eigenvalue weighted by atomic mass is 10.2. The van der Waals surface area contributed by atoms with Crippen LogP contribution in [0.2, 0.25) is 0 Å². The van der Waals surface area contributed by atoms with E-state index in [9.17, 15) is 4.89 Å². The number of hydrogen-bond donors (Lipinski definition) is 1. The third kappa shape index (κ3) is 2.10. The highest BCUT2D eigenvalue weighted by Gasteiger charge is 2.37. The summed E-state index contributed by atoms with van der Waals surface area (Å²) >= 11 is 0. The molecular formula is C9H21OP. The van der Waals surface area contributed by atoms with Gasteiger partial charge < -0.3 is 4.89 Å². The molecule has 0 fully saturated rings. The molecule has 0 aromatic heterocycles. The lowest BCUT2D eigenvalue weighted by molar-refractivity contribution is 0.527. The molecule has 0 aliphatic carbocycles. The molecule has 1 N–H and O–H groups in total. The molecule has 2 heteroatoms. The van der Waals surface area contributed by atoms with E-state index >= 15 is 0 Å². The zero-order valence-electron chi connectivity index (χ0n) is 8.60. The summed E-state index contributed by atoms with van der Waals surface area (Å²) in [5, 5.41) is -0.128. The number of hydrogen-bond acceptors (Lipinski definition) is 1. The molecule has 0 aliphatic rings. The second-order valence-electron chi connectivity index (χ2n) is 5.11. The summed E-state index contributed by atoms with van der Waals surface area (Å²) in [6.45, 7) is 12.3. The molecule has 0 amide bonds. The Morgan fingerprint density at radius 1 is 0.909 bits per heavy atom. The maximum atomic E-state index is 10.2. The van der Waals surface area contributed by atoms with Crippen LogP contribution in [0.1, 0.15) is 41.5 Å². The van der Waals surface area contributed by atoms with E-state index in [1.807, 2.05) is 0 Å². The third-order valence-corrected chi connectivity index (χ3v) is 6.66. The van der Waals surface area contributed by atoms with Crippen LogP contribution in [0.3, 0.4) is 0 Å². The van der Waals surface area contributed by atoms with Crippen LogP contribution < -0.4 is 0 Å². The van der Waals surface area contributed by atoms with Crippen molar-refractivity contribution < 1.29 is 4.89 Å². The Hall–Kier alpha value is 0.260. The van der Waals surface area contributed by atoms with Crippen molar-refractivity contribution in [3.63, 3.8) is 0 Å². The summed E-state index contributed by atoms with van der Waals surface area (Å²) in [5.74, 6) is 0. The average molecular weight is 176 g/mol. The van der Waals surface area contributed by atoms with Crippen molar-refractivity contribution in [2.45, 2.75) is 51.9 Å². The Bertz CT molecular complexity index is 163. The Balaban J connectivity index is 4.92. The smallest absolute Gasteiger partial charge is 0.00806 e. The monoisotopic (exact) mass is 176 g/mol. The average Bonchev–Trinajstić information content (AvgIpc) is 1.58. The summed E-state index contributed by atoms with van der Waals surface area (Å²) < 4.78 is 0. The SMILES string of the molecule is C=P(O)(C(C)(C)C)C(C)(C)C. The highest BCUT2D eigenvalue weighted by atomic mass is 31.2. The maximum Gasteiger partial charge on any atom is 0.00806 e. The standard InChI is InChI=1S/C9H21OP/c1-8(2,3)11(7,10)9(4,5)6/h10H,7H2,1-6H3. The normalized spacial score (nSPS) is 15.2. The minimum atomic E-state index is -2.06. The van der Waals surface area contributed by atoms with E-state index in [0.29, 0.717) is 0 Å². The maximum absolute atomic E-state index is 10.2. The van der Waals surface area contributed by atoms with E-state index in [4.69, 9.17) is 0 Å². The second-order valence-corrected chi connectivity index (χ2v) is 9.33. The molecule has 0 spiro atoms. The van der Waals surface area contributed by atoms with Gasteiger partial charge in [-0.3, -0.25) is 0 Å². The molecule has 11 heavy (non-hydrogen) atoms. The minimum absolute atomic E-state index is 0.0642. The predicted octanol–water partition coefficient (Wildman–Crippen LogP) is 2.94.